The minimum Gasteiger partial charge on any atom is -0.487 e. The quantitative estimate of drug-likeness (QED) is 0.395. The van der Waals surface area contributed by atoms with Gasteiger partial charge in [0.05, 0.1) is 37.1 Å². The van der Waals surface area contributed by atoms with Crippen LogP contribution < -0.4 is 9.64 Å². The summed E-state index contributed by atoms with van der Waals surface area (Å²) in [6.45, 7) is 4.21. The normalized spacial score (nSPS) is 17.0. The number of H-pyrrole nitrogens is 1. The molecule has 2 saturated heterocycles. The highest BCUT2D eigenvalue weighted by atomic mass is 16.5. The first-order valence-corrected chi connectivity index (χ1v) is 13.3. The molecule has 2 aliphatic rings. The monoisotopic (exact) mass is 533 g/mol. The average molecular weight is 534 g/mol. The fraction of sp³-hybridized carbons (Fsp3) is 0.300. The van der Waals surface area contributed by atoms with Gasteiger partial charge < -0.3 is 24.3 Å². The van der Waals surface area contributed by atoms with E-state index in [2.05, 4.69) is 50.2 Å². The van der Waals surface area contributed by atoms with E-state index in [-0.39, 0.29) is 18.4 Å². The number of hydrogen-bond donors (Lipinski definition) is 1. The molecule has 10 nitrogen and oxygen atoms in total. The van der Waals surface area contributed by atoms with Crippen LogP contribution in [-0.2, 0) is 9.53 Å². The van der Waals surface area contributed by atoms with Crippen LogP contribution >= 0.6 is 0 Å². The highest BCUT2D eigenvalue weighted by Gasteiger charge is 2.28. The van der Waals surface area contributed by atoms with Gasteiger partial charge in [0.2, 0.25) is 5.91 Å². The molecule has 0 saturated carbocycles. The fourth-order valence-corrected chi connectivity index (χ4v) is 5.28. The van der Waals surface area contributed by atoms with Gasteiger partial charge in [-0.05, 0) is 42.0 Å². The number of fused-ring (bicyclic) bond motifs is 1. The maximum absolute atomic E-state index is 12.0. The van der Waals surface area contributed by atoms with Crippen molar-refractivity contribution in [1.82, 2.24) is 19.9 Å². The van der Waals surface area contributed by atoms with Gasteiger partial charge in [0.1, 0.15) is 36.3 Å². The van der Waals surface area contributed by atoms with Gasteiger partial charge in [-0.3, -0.25) is 4.79 Å². The zero-order valence-corrected chi connectivity index (χ0v) is 21.8. The van der Waals surface area contributed by atoms with Crippen molar-refractivity contribution >= 4 is 22.6 Å². The molecule has 2 fully saturated rings. The summed E-state index contributed by atoms with van der Waals surface area (Å²) >= 11 is 0. The Morgan fingerprint density at radius 3 is 2.62 bits per heavy atom. The maximum atomic E-state index is 12.0. The second kappa shape index (κ2) is 11.0. The zero-order valence-electron chi connectivity index (χ0n) is 21.8. The largest absolute Gasteiger partial charge is 0.487 e. The highest BCUT2D eigenvalue weighted by molar-refractivity contribution is 5.94. The topological polar surface area (TPSA) is 131 Å². The number of ether oxygens (including phenoxy) is 2. The molecule has 1 amide bonds. The number of anilines is 1. The fourth-order valence-electron chi connectivity index (χ4n) is 5.28. The van der Waals surface area contributed by atoms with E-state index in [1.807, 2.05) is 18.2 Å². The van der Waals surface area contributed by atoms with Crippen molar-refractivity contribution in [2.45, 2.75) is 18.9 Å². The van der Waals surface area contributed by atoms with Crippen LogP contribution in [0.25, 0.3) is 33.5 Å². The van der Waals surface area contributed by atoms with Gasteiger partial charge >= 0.3 is 0 Å². The van der Waals surface area contributed by atoms with Crippen LogP contribution in [0.15, 0.2) is 54.9 Å². The molecule has 1 N–H and O–H groups in total. The predicted molar refractivity (Wildman–Crippen MR) is 148 cm³/mol. The van der Waals surface area contributed by atoms with Gasteiger partial charge in [-0.15, -0.1) is 0 Å². The molecule has 0 radical (unpaired) electrons. The molecule has 6 rings (SSSR count). The van der Waals surface area contributed by atoms with Gasteiger partial charge in [0.25, 0.3) is 0 Å². The Morgan fingerprint density at radius 1 is 1.05 bits per heavy atom. The van der Waals surface area contributed by atoms with Crippen LogP contribution in [0.1, 0.15) is 18.4 Å². The lowest BCUT2D eigenvalue weighted by atomic mass is 10.0. The number of amides is 1. The number of carbonyl (C=O) groups excluding carboxylic acids is 1. The molecular formula is C30H27N7O3. The van der Waals surface area contributed by atoms with Gasteiger partial charge in [0, 0.05) is 48.4 Å². The number of nitriles is 2. The Hall–Kier alpha value is -4.93. The number of benzene rings is 2. The first-order valence-electron chi connectivity index (χ1n) is 13.3. The lowest BCUT2D eigenvalue weighted by Gasteiger charge is -2.28. The molecule has 200 valence electrons. The third kappa shape index (κ3) is 5.05. The van der Waals surface area contributed by atoms with Crippen LogP contribution in [0, 0.1) is 22.7 Å². The number of rotatable bonds is 6. The molecule has 2 aromatic heterocycles. The van der Waals surface area contributed by atoms with Crippen molar-refractivity contribution in [3.8, 4) is 40.4 Å². The average Bonchev–Trinajstić information content (AvgIpc) is 3.66. The standard InChI is InChI=1S/C30H27N7O3/c31-9-7-28(38)37-10-8-24(18-37)40-27-6-3-21(15-22(27)17-32)29-25-16-26(35-30(25)34-19-33-29)20-1-4-23(5-2-20)36-11-13-39-14-12-36/h1-6,15-16,19,24H,7-8,10-14,18H2,(H,33,34,35). The number of morpholine rings is 1. The van der Waals surface area contributed by atoms with Crippen LogP contribution in [-0.4, -0.2) is 71.3 Å². The van der Waals surface area contributed by atoms with E-state index in [0.717, 1.165) is 54.2 Å². The molecule has 2 aromatic carbocycles. The van der Waals surface area contributed by atoms with E-state index < -0.39 is 0 Å². The molecule has 0 aliphatic carbocycles. The molecule has 0 spiro atoms. The van der Waals surface area contributed by atoms with Crippen molar-refractivity contribution in [3.05, 3.63) is 60.4 Å². The number of hydrogen-bond acceptors (Lipinski definition) is 8. The maximum Gasteiger partial charge on any atom is 0.236 e. The van der Waals surface area contributed by atoms with E-state index in [1.54, 1.807) is 17.0 Å². The summed E-state index contributed by atoms with van der Waals surface area (Å²) in [4.78, 5) is 28.4. The lowest BCUT2D eigenvalue weighted by Crippen LogP contribution is -2.36. The van der Waals surface area contributed by atoms with Gasteiger partial charge in [-0.1, -0.05) is 12.1 Å². The smallest absolute Gasteiger partial charge is 0.236 e. The summed E-state index contributed by atoms with van der Waals surface area (Å²) in [6.07, 6.45) is 1.80. The summed E-state index contributed by atoms with van der Waals surface area (Å²) < 4.78 is 11.6. The van der Waals surface area contributed by atoms with Crippen molar-refractivity contribution in [1.29, 1.82) is 10.5 Å². The Labute approximate surface area is 231 Å². The molecule has 10 heteroatoms. The third-order valence-electron chi connectivity index (χ3n) is 7.38. The number of nitrogens with zero attached hydrogens (tertiary/aromatic N) is 6. The van der Waals surface area contributed by atoms with Crippen LogP contribution in [0.5, 0.6) is 5.75 Å². The van der Waals surface area contributed by atoms with Gasteiger partial charge in [-0.25, -0.2) is 9.97 Å². The second-order valence-electron chi connectivity index (χ2n) is 9.84. The number of aromatic nitrogens is 3. The first kappa shape index (κ1) is 25.4. The second-order valence-corrected chi connectivity index (χ2v) is 9.84. The first-order chi connectivity index (χ1) is 19.6. The summed E-state index contributed by atoms with van der Waals surface area (Å²) in [5.74, 6) is 0.266. The van der Waals surface area contributed by atoms with Crippen molar-refractivity contribution < 1.29 is 14.3 Å². The number of aromatic amines is 1. The minimum atomic E-state index is -0.229. The number of nitrogens with one attached hydrogen (secondary N) is 1. The molecule has 40 heavy (non-hydrogen) atoms. The summed E-state index contributed by atoms with van der Waals surface area (Å²) in [5, 5.41) is 19.5. The molecule has 1 atom stereocenters. The molecular weight excluding hydrogens is 506 g/mol. The van der Waals surface area contributed by atoms with E-state index in [9.17, 15) is 10.1 Å². The summed E-state index contributed by atoms with van der Waals surface area (Å²) in [6, 6.07) is 20.0. The van der Waals surface area contributed by atoms with E-state index >= 15 is 0 Å². The Balaban J connectivity index is 1.23. The molecule has 2 aliphatic heterocycles. The van der Waals surface area contributed by atoms with Crippen molar-refractivity contribution in [2.24, 2.45) is 0 Å². The van der Waals surface area contributed by atoms with E-state index in [0.29, 0.717) is 36.5 Å². The Morgan fingerprint density at radius 2 is 1.85 bits per heavy atom. The van der Waals surface area contributed by atoms with Crippen LogP contribution in [0.3, 0.4) is 0 Å². The third-order valence-corrected chi connectivity index (χ3v) is 7.38. The lowest BCUT2D eigenvalue weighted by molar-refractivity contribution is -0.129. The van der Waals surface area contributed by atoms with Crippen molar-refractivity contribution in [3.63, 3.8) is 0 Å². The summed E-state index contributed by atoms with van der Waals surface area (Å²) in [7, 11) is 0. The van der Waals surface area contributed by atoms with E-state index in [1.165, 1.54) is 12.0 Å². The SMILES string of the molecule is N#CCC(=O)N1CCC(Oc2ccc(-c3ncnc4[nH]c(-c5ccc(N6CCOCC6)cc5)cc34)cc2C#N)C1. The van der Waals surface area contributed by atoms with Crippen LogP contribution in [0.4, 0.5) is 5.69 Å². The van der Waals surface area contributed by atoms with Crippen LogP contribution in [0.2, 0.25) is 0 Å². The Bertz CT molecular complexity index is 1630. The van der Waals surface area contributed by atoms with Gasteiger partial charge in [0.15, 0.2) is 0 Å². The zero-order chi connectivity index (χ0) is 27.5. The molecule has 0 bridgehead atoms. The highest BCUT2D eigenvalue weighted by Crippen LogP contribution is 2.33. The predicted octanol–water partition coefficient (Wildman–Crippen LogP) is 3.89. The molecule has 4 aromatic rings. The van der Waals surface area contributed by atoms with Gasteiger partial charge in [-0.2, -0.15) is 10.5 Å². The number of carbonyl (C=O) groups is 1. The number of likely N-dealkylation sites (tertiary alicyclic amines) is 1. The molecule has 1 unspecified atom stereocenters. The van der Waals surface area contributed by atoms with Crippen molar-refractivity contribution in [2.75, 3.05) is 44.3 Å². The Kier molecular flexibility index (Phi) is 7.00. The minimum absolute atomic E-state index is 0.140. The molecule has 4 heterocycles. The van der Waals surface area contributed by atoms with E-state index in [4.69, 9.17) is 14.7 Å². The summed E-state index contributed by atoms with van der Waals surface area (Å²) in [5.41, 5.74) is 5.75.